The minimum atomic E-state index is -5.07. The number of alkyl halides is 6. The SMILES string of the molecule is O=C(OC[C@@H](O)c1cc(C(F)(F)F)cc(C(F)(F)F)c1)C1(c2ccccc2)CCC(N2CCC(c3ccc(F)cc3)CC2)CC1. The number of rotatable bonds is 7. The van der Waals surface area contributed by atoms with Gasteiger partial charge in [-0.1, -0.05) is 42.5 Å². The van der Waals surface area contributed by atoms with Crippen molar-refractivity contribution in [2.75, 3.05) is 19.7 Å². The Labute approximate surface area is 256 Å². The smallest absolute Gasteiger partial charge is 0.416 e. The first-order valence-electron chi connectivity index (χ1n) is 15.0. The van der Waals surface area contributed by atoms with Crippen LogP contribution in [0.4, 0.5) is 30.7 Å². The van der Waals surface area contributed by atoms with Crippen molar-refractivity contribution in [2.45, 2.75) is 74.4 Å². The summed E-state index contributed by atoms with van der Waals surface area (Å²) in [5.74, 6) is -0.594. The van der Waals surface area contributed by atoms with Crippen molar-refractivity contribution in [1.29, 1.82) is 0 Å². The number of carbonyl (C=O) groups excluding carboxylic acids is 1. The highest BCUT2D eigenvalue weighted by Crippen LogP contribution is 2.44. The van der Waals surface area contributed by atoms with E-state index in [2.05, 4.69) is 4.90 Å². The highest BCUT2D eigenvalue weighted by Gasteiger charge is 2.46. The lowest BCUT2D eigenvalue weighted by molar-refractivity contribution is -0.156. The Bertz CT molecular complexity index is 1410. The van der Waals surface area contributed by atoms with Gasteiger partial charge in [-0.15, -0.1) is 0 Å². The van der Waals surface area contributed by atoms with Crippen molar-refractivity contribution in [3.8, 4) is 0 Å². The average molecular weight is 638 g/mol. The Morgan fingerprint density at radius 3 is 1.93 bits per heavy atom. The minimum Gasteiger partial charge on any atom is -0.462 e. The molecule has 4 nitrogen and oxygen atoms in total. The predicted octanol–water partition coefficient (Wildman–Crippen LogP) is 8.20. The van der Waals surface area contributed by atoms with E-state index in [1.807, 2.05) is 12.1 Å². The van der Waals surface area contributed by atoms with Crippen molar-refractivity contribution in [3.05, 3.63) is 106 Å². The fraction of sp³-hybridized carbons (Fsp3) is 0.441. The second kappa shape index (κ2) is 13.1. The number of benzene rings is 3. The summed E-state index contributed by atoms with van der Waals surface area (Å²) >= 11 is 0. The van der Waals surface area contributed by atoms with E-state index in [-0.39, 0.29) is 17.9 Å². The zero-order valence-electron chi connectivity index (χ0n) is 24.4. The number of aliphatic hydroxyl groups is 1. The van der Waals surface area contributed by atoms with E-state index in [1.165, 1.54) is 12.1 Å². The van der Waals surface area contributed by atoms with Gasteiger partial charge in [0.25, 0.3) is 0 Å². The van der Waals surface area contributed by atoms with E-state index in [0.29, 0.717) is 49.3 Å². The zero-order chi connectivity index (χ0) is 32.4. The summed E-state index contributed by atoms with van der Waals surface area (Å²) in [7, 11) is 0. The quantitative estimate of drug-likeness (QED) is 0.210. The van der Waals surface area contributed by atoms with E-state index >= 15 is 0 Å². The molecule has 11 heteroatoms. The number of esters is 1. The Morgan fingerprint density at radius 2 is 1.40 bits per heavy atom. The van der Waals surface area contributed by atoms with Gasteiger partial charge in [0.15, 0.2) is 0 Å². The predicted molar refractivity (Wildman–Crippen MR) is 153 cm³/mol. The van der Waals surface area contributed by atoms with E-state index in [4.69, 9.17) is 4.74 Å². The van der Waals surface area contributed by atoms with Gasteiger partial charge in [-0.3, -0.25) is 4.79 Å². The number of halogens is 7. The number of hydrogen-bond acceptors (Lipinski definition) is 4. The van der Waals surface area contributed by atoms with Crippen molar-refractivity contribution >= 4 is 5.97 Å². The Balaban J connectivity index is 1.26. The highest BCUT2D eigenvalue weighted by molar-refractivity contribution is 5.83. The molecular formula is C34H34F7NO3. The zero-order valence-corrected chi connectivity index (χ0v) is 24.4. The largest absolute Gasteiger partial charge is 0.462 e. The number of carbonyl (C=O) groups is 1. The molecule has 0 amide bonds. The summed E-state index contributed by atoms with van der Waals surface area (Å²) in [5.41, 5.74) is -3.01. The van der Waals surface area contributed by atoms with E-state index in [1.54, 1.807) is 30.3 Å². The molecule has 1 aliphatic heterocycles. The maximum atomic E-state index is 13.7. The van der Waals surface area contributed by atoms with Gasteiger partial charge in [0.1, 0.15) is 18.5 Å². The fourth-order valence-electron chi connectivity index (χ4n) is 6.72. The number of aliphatic hydroxyl groups excluding tert-OH is 1. The molecule has 1 aliphatic carbocycles. The molecule has 1 N–H and O–H groups in total. The van der Waals surface area contributed by atoms with Crippen molar-refractivity contribution in [2.24, 2.45) is 0 Å². The molecule has 1 atom stereocenters. The maximum Gasteiger partial charge on any atom is 0.416 e. The van der Waals surface area contributed by atoms with Gasteiger partial charge < -0.3 is 14.7 Å². The maximum absolute atomic E-state index is 13.7. The van der Waals surface area contributed by atoms with E-state index in [0.717, 1.165) is 31.5 Å². The summed E-state index contributed by atoms with van der Waals surface area (Å²) in [4.78, 5) is 16.1. The van der Waals surface area contributed by atoms with Crippen LogP contribution in [0.3, 0.4) is 0 Å². The molecule has 0 spiro atoms. The van der Waals surface area contributed by atoms with Gasteiger partial charge >= 0.3 is 18.3 Å². The van der Waals surface area contributed by atoms with Crippen LogP contribution in [-0.2, 0) is 27.3 Å². The lowest BCUT2D eigenvalue weighted by Crippen LogP contribution is -2.48. The van der Waals surface area contributed by atoms with E-state index < -0.39 is 53.1 Å². The van der Waals surface area contributed by atoms with Gasteiger partial charge in [-0.2, -0.15) is 26.3 Å². The van der Waals surface area contributed by atoms with E-state index in [9.17, 15) is 40.6 Å². The molecule has 1 saturated carbocycles. The molecule has 3 aromatic rings. The molecule has 5 rings (SSSR count). The molecule has 1 saturated heterocycles. The van der Waals surface area contributed by atoms with Crippen molar-refractivity contribution < 1.29 is 45.4 Å². The molecule has 242 valence electrons. The van der Waals surface area contributed by atoms with Crippen LogP contribution in [-0.4, -0.2) is 41.7 Å². The second-order valence-electron chi connectivity index (χ2n) is 12.0. The molecule has 0 radical (unpaired) electrons. The molecule has 0 bridgehead atoms. The molecular weight excluding hydrogens is 603 g/mol. The number of likely N-dealkylation sites (tertiary alicyclic amines) is 1. The first kappa shape index (κ1) is 32.9. The summed E-state index contributed by atoms with van der Waals surface area (Å²) in [5, 5.41) is 10.6. The average Bonchev–Trinajstić information content (AvgIpc) is 3.03. The third-order valence-corrected chi connectivity index (χ3v) is 9.28. The monoisotopic (exact) mass is 637 g/mol. The Hall–Kier alpha value is -3.44. The molecule has 3 aromatic carbocycles. The van der Waals surface area contributed by atoms with Crippen LogP contribution in [0.5, 0.6) is 0 Å². The number of nitrogens with zero attached hydrogens (tertiary/aromatic N) is 1. The first-order chi connectivity index (χ1) is 21.3. The minimum absolute atomic E-state index is 0.0175. The summed E-state index contributed by atoms with van der Waals surface area (Å²) < 4.78 is 98.7. The fourth-order valence-corrected chi connectivity index (χ4v) is 6.72. The third-order valence-electron chi connectivity index (χ3n) is 9.28. The van der Waals surface area contributed by atoms with Crippen molar-refractivity contribution in [3.63, 3.8) is 0 Å². The first-order valence-corrected chi connectivity index (χ1v) is 15.0. The Kier molecular flexibility index (Phi) is 9.60. The van der Waals surface area contributed by atoms with Crippen LogP contribution in [0, 0.1) is 5.82 Å². The number of hydrogen-bond donors (Lipinski definition) is 1. The molecule has 2 aliphatic rings. The van der Waals surface area contributed by atoms with Gasteiger partial charge in [0.05, 0.1) is 16.5 Å². The van der Waals surface area contributed by atoms with Crippen LogP contribution in [0.2, 0.25) is 0 Å². The molecule has 1 heterocycles. The summed E-state index contributed by atoms with van der Waals surface area (Å²) in [6.45, 7) is 0.920. The molecule has 2 fully saturated rings. The summed E-state index contributed by atoms with van der Waals surface area (Å²) in [6, 6.07) is 16.7. The third kappa shape index (κ3) is 7.52. The highest BCUT2D eigenvalue weighted by atomic mass is 19.4. The number of piperidine rings is 1. The van der Waals surface area contributed by atoms with Crippen LogP contribution >= 0.6 is 0 Å². The Morgan fingerprint density at radius 1 is 0.844 bits per heavy atom. The van der Waals surface area contributed by atoms with Crippen LogP contribution in [0.15, 0.2) is 72.8 Å². The normalized spacial score (nSPS) is 22.6. The topological polar surface area (TPSA) is 49.8 Å². The van der Waals surface area contributed by atoms with Crippen molar-refractivity contribution in [1.82, 2.24) is 4.90 Å². The van der Waals surface area contributed by atoms with Crippen LogP contribution < -0.4 is 0 Å². The van der Waals surface area contributed by atoms with Gasteiger partial charge in [0, 0.05) is 6.04 Å². The van der Waals surface area contributed by atoms with Crippen LogP contribution in [0.25, 0.3) is 0 Å². The standard InChI is InChI=1S/C34H34F7NO3/c35-28-8-6-22(7-9-28)23-12-16-42(17-13-23)29-10-14-32(15-11-29,25-4-2-1-3-5-25)31(44)45-21-30(43)24-18-26(33(36,37)38)20-27(19-24)34(39,40)41/h1-9,18-20,23,29-30,43H,10-17,21H2/t29?,30-,32?/m1/s1. The lowest BCUT2D eigenvalue weighted by atomic mass is 9.67. The van der Waals surface area contributed by atoms with Gasteiger partial charge in [-0.25, -0.2) is 4.39 Å². The number of ether oxygens (including phenoxy) is 1. The van der Waals surface area contributed by atoms with Gasteiger partial charge in [0.2, 0.25) is 0 Å². The second-order valence-corrected chi connectivity index (χ2v) is 12.0. The van der Waals surface area contributed by atoms with Crippen LogP contribution in [0.1, 0.15) is 78.4 Å². The summed E-state index contributed by atoms with van der Waals surface area (Å²) in [6.07, 6.45) is -7.98. The molecule has 0 unspecified atom stereocenters. The lowest BCUT2D eigenvalue weighted by Gasteiger charge is -2.44. The van der Waals surface area contributed by atoms with Gasteiger partial charge in [-0.05, 0) is 105 Å². The molecule has 45 heavy (non-hydrogen) atoms. The molecule has 0 aromatic heterocycles.